The van der Waals surface area contributed by atoms with Crippen LogP contribution in [0.15, 0.2) is 0 Å². The van der Waals surface area contributed by atoms with Crippen LogP contribution in [0.1, 0.15) is 13.8 Å². The molecule has 0 aliphatic heterocycles. The number of aliphatic hydroxyl groups excluding tert-OH is 1. The molecular weight excluding hydrogens is 148 g/mol. The first-order chi connectivity index (χ1) is 4.68. The Morgan fingerprint density at radius 2 is 2.10 bits per heavy atom. The van der Waals surface area contributed by atoms with Crippen molar-refractivity contribution in [2.24, 2.45) is 0 Å². The fraction of sp³-hybridized carbons (Fsp3) is 1.00. The molecule has 0 aromatic rings. The molecule has 0 spiro atoms. The van der Waals surface area contributed by atoms with E-state index in [4.69, 9.17) is 9.84 Å². The van der Waals surface area contributed by atoms with E-state index in [1.807, 2.05) is 13.8 Å². The van der Waals surface area contributed by atoms with Crippen molar-refractivity contribution in [1.29, 1.82) is 0 Å². The zero-order chi connectivity index (χ0) is 7.98. The van der Waals surface area contributed by atoms with Gasteiger partial charge in [0.05, 0.1) is 12.7 Å². The summed E-state index contributed by atoms with van der Waals surface area (Å²) in [6.07, 6.45) is -0.221. The van der Waals surface area contributed by atoms with Gasteiger partial charge >= 0.3 is 0 Å². The topological polar surface area (TPSA) is 29.5 Å². The van der Waals surface area contributed by atoms with Gasteiger partial charge in [-0.25, -0.2) is 0 Å². The molecule has 0 aromatic heterocycles. The summed E-state index contributed by atoms with van der Waals surface area (Å²) in [5, 5.41) is 9.37. The molecule has 0 aliphatic carbocycles. The van der Waals surface area contributed by atoms with E-state index in [1.165, 1.54) is 0 Å². The molecule has 2 atom stereocenters. The van der Waals surface area contributed by atoms with E-state index in [2.05, 4.69) is 0 Å². The second-order valence-corrected chi connectivity index (χ2v) is 3.79. The molecule has 0 rings (SSSR count). The van der Waals surface area contributed by atoms with Gasteiger partial charge in [0, 0.05) is 18.1 Å². The van der Waals surface area contributed by atoms with Crippen LogP contribution in [0, 0.1) is 0 Å². The first-order valence-corrected chi connectivity index (χ1v) is 4.52. The fourth-order valence-electron chi connectivity index (χ4n) is 0.457. The zero-order valence-electron chi connectivity index (χ0n) is 6.83. The van der Waals surface area contributed by atoms with Crippen LogP contribution in [0.2, 0.25) is 0 Å². The Bertz CT molecular complexity index is 76.0. The minimum Gasteiger partial charge on any atom is -0.392 e. The van der Waals surface area contributed by atoms with Crippen molar-refractivity contribution in [3.05, 3.63) is 0 Å². The number of hydrogen-bond acceptors (Lipinski definition) is 3. The summed E-state index contributed by atoms with van der Waals surface area (Å²) in [5.41, 5.74) is 0. The molecule has 0 fully saturated rings. The van der Waals surface area contributed by atoms with Crippen LogP contribution in [0.3, 0.4) is 0 Å². The Kier molecular flexibility index (Phi) is 6.17. The predicted molar refractivity (Wildman–Crippen MR) is 45.5 cm³/mol. The summed E-state index contributed by atoms with van der Waals surface area (Å²) in [5.74, 6) is 0.961. The minimum absolute atomic E-state index is 0.221. The monoisotopic (exact) mass is 164 g/mol. The van der Waals surface area contributed by atoms with E-state index in [-0.39, 0.29) is 6.10 Å². The molecule has 3 heteroatoms. The van der Waals surface area contributed by atoms with E-state index in [1.54, 1.807) is 18.9 Å². The Balaban J connectivity index is 3.13. The molecule has 0 radical (unpaired) electrons. The van der Waals surface area contributed by atoms with Crippen LogP contribution in [0.4, 0.5) is 0 Å². The molecular formula is C7H16O2S. The number of rotatable bonds is 5. The standard InChI is InChI=1S/C7H16O2S/c1-6(8)7(2)10-5-4-9-3/h6-8H,4-5H2,1-3H3. The van der Waals surface area contributed by atoms with Gasteiger partial charge in [-0.1, -0.05) is 6.92 Å². The van der Waals surface area contributed by atoms with Crippen molar-refractivity contribution >= 4 is 11.8 Å². The van der Waals surface area contributed by atoms with Crippen LogP contribution in [-0.4, -0.2) is 35.9 Å². The summed E-state index contributed by atoms with van der Waals surface area (Å²) in [6.45, 7) is 4.59. The molecule has 0 saturated heterocycles. The van der Waals surface area contributed by atoms with Crippen LogP contribution in [-0.2, 0) is 4.74 Å². The van der Waals surface area contributed by atoms with E-state index in [0.717, 1.165) is 12.4 Å². The molecule has 1 N–H and O–H groups in total. The lowest BCUT2D eigenvalue weighted by molar-refractivity contribution is 0.195. The molecule has 0 saturated carbocycles. The summed E-state index contributed by atoms with van der Waals surface area (Å²) >= 11 is 1.73. The largest absolute Gasteiger partial charge is 0.392 e. The second-order valence-electron chi connectivity index (χ2n) is 2.31. The summed E-state index contributed by atoms with van der Waals surface area (Å²) in [7, 11) is 1.69. The second kappa shape index (κ2) is 6.01. The number of hydrogen-bond donors (Lipinski definition) is 1. The number of ether oxygens (including phenoxy) is 1. The third kappa shape index (κ3) is 5.09. The highest BCUT2D eigenvalue weighted by molar-refractivity contribution is 7.99. The number of methoxy groups -OCH3 is 1. The smallest absolute Gasteiger partial charge is 0.0628 e. The maximum absolute atomic E-state index is 9.06. The van der Waals surface area contributed by atoms with Crippen molar-refractivity contribution in [2.75, 3.05) is 19.5 Å². The molecule has 0 amide bonds. The first-order valence-electron chi connectivity index (χ1n) is 3.47. The number of thioether (sulfide) groups is 1. The Hall–Kier alpha value is 0.270. The van der Waals surface area contributed by atoms with Crippen LogP contribution in [0.5, 0.6) is 0 Å². The van der Waals surface area contributed by atoms with Crippen molar-refractivity contribution in [1.82, 2.24) is 0 Å². The lowest BCUT2D eigenvalue weighted by Gasteiger charge is -2.12. The van der Waals surface area contributed by atoms with E-state index in [9.17, 15) is 0 Å². The summed E-state index contributed by atoms with van der Waals surface area (Å²) < 4.78 is 4.87. The van der Waals surface area contributed by atoms with Crippen molar-refractivity contribution in [3.63, 3.8) is 0 Å². The Labute approximate surface area is 67.0 Å². The highest BCUT2D eigenvalue weighted by Gasteiger charge is 2.07. The van der Waals surface area contributed by atoms with Crippen molar-refractivity contribution in [2.45, 2.75) is 25.2 Å². The summed E-state index contributed by atoms with van der Waals surface area (Å²) in [4.78, 5) is 0. The molecule has 0 aliphatic rings. The molecule has 0 bridgehead atoms. The van der Waals surface area contributed by atoms with Gasteiger partial charge < -0.3 is 9.84 Å². The Morgan fingerprint density at radius 3 is 2.50 bits per heavy atom. The third-order valence-corrected chi connectivity index (χ3v) is 2.67. The van der Waals surface area contributed by atoms with Gasteiger partial charge in [-0.2, -0.15) is 11.8 Å². The minimum atomic E-state index is -0.221. The first kappa shape index (κ1) is 10.3. The van der Waals surface area contributed by atoms with Crippen molar-refractivity contribution in [3.8, 4) is 0 Å². The average molecular weight is 164 g/mol. The molecule has 62 valence electrons. The fourth-order valence-corrected chi connectivity index (χ4v) is 1.37. The van der Waals surface area contributed by atoms with Crippen LogP contribution < -0.4 is 0 Å². The molecule has 2 unspecified atom stereocenters. The number of aliphatic hydroxyl groups is 1. The SMILES string of the molecule is COCCSC(C)C(C)O. The normalized spacial score (nSPS) is 16.8. The quantitative estimate of drug-likeness (QED) is 0.618. The van der Waals surface area contributed by atoms with Gasteiger partial charge in [0.25, 0.3) is 0 Å². The lowest BCUT2D eigenvalue weighted by Crippen LogP contribution is -2.16. The summed E-state index contributed by atoms with van der Waals surface area (Å²) in [6, 6.07) is 0. The maximum Gasteiger partial charge on any atom is 0.0628 e. The third-order valence-electron chi connectivity index (χ3n) is 1.35. The highest BCUT2D eigenvalue weighted by atomic mass is 32.2. The van der Waals surface area contributed by atoms with Gasteiger partial charge in [0.1, 0.15) is 0 Å². The van der Waals surface area contributed by atoms with Gasteiger partial charge in [-0.15, -0.1) is 0 Å². The predicted octanol–water partition coefficient (Wildman–Crippen LogP) is 1.14. The Morgan fingerprint density at radius 1 is 1.50 bits per heavy atom. The maximum atomic E-state index is 9.06. The molecule has 0 heterocycles. The highest BCUT2D eigenvalue weighted by Crippen LogP contribution is 2.12. The molecule has 10 heavy (non-hydrogen) atoms. The average Bonchev–Trinajstić information content (AvgIpc) is 1.88. The van der Waals surface area contributed by atoms with Gasteiger partial charge in [0.15, 0.2) is 0 Å². The molecule has 0 aromatic carbocycles. The zero-order valence-corrected chi connectivity index (χ0v) is 7.65. The van der Waals surface area contributed by atoms with Gasteiger partial charge in [-0.3, -0.25) is 0 Å². The van der Waals surface area contributed by atoms with E-state index < -0.39 is 0 Å². The van der Waals surface area contributed by atoms with Crippen LogP contribution in [0.25, 0.3) is 0 Å². The lowest BCUT2D eigenvalue weighted by atomic mass is 10.3. The van der Waals surface area contributed by atoms with Crippen molar-refractivity contribution < 1.29 is 9.84 Å². The van der Waals surface area contributed by atoms with Crippen LogP contribution >= 0.6 is 11.8 Å². The molecule has 2 nitrogen and oxygen atoms in total. The van der Waals surface area contributed by atoms with E-state index in [0.29, 0.717) is 5.25 Å². The van der Waals surface area contributed by atoms with Gasteiger partial charge in [-0.05, 0) is 6.92 Å². The van der Waals surface area contributed by atoms with E-state index >= 15 is 0 Å². The van der Waals surface area contributed by atoms with Gasteiger partial charge in [0.2, 0.25) is 0 Å².